The van der Waals surface area contributed by atoms with E-state index in [9.17, 15) is 14.8 Å². The summed E-state index contributed by atoms with van der Waals surface area (Å²) < 4.78 is 16.0. The molecule has 31 heavy (non-hydrogen) atoms. The van der Waals surface area contributed by atoms with Crippen molar-refractivity contribution in [2.75, 3.05) is 20.8 Å². The first-order chi connectivity index (χ1) is 15.0. The van der Waals surface area contributed by atoms with Crippen molar-refractivity contribution in [2.24, 2.45) is 5.16 Å². The average molecular weight is 421 g/mol. The summed E-state index contributed by atoms with van der Waals surface area (Å²) in [4.78, 5) is 27.0. The molecule has 7 nitrogen and oxygen atoms in total. The lowest BCUT2D eigenvalue weighted by molar-refractivity contribution is -0.139. The van der Waals surface area contributed by atoms with Crippen LogP contribution in [0.5, 0.6) is 11.5 Å². The smallest absolute Gasteiger partial charge is 0.335 e. The van der Waals surface area contributed by atoms with E-state index in [1.807, 2.05) is 0 Å². The van der Waals surface area contributed by atoms with Crippen molar-refractivity contribution < 1.29 is 29.0 Å². The standard InChI is InChI=1S/C24H23NO6/c1-4-31-23(27)18-11-8-12-21(25-28)24(18,22(26)16-9-6-5-7-10-16)17-13-14-19(29-2)20(15-17)30-3/h5-15,28H,4H2,1-3H3. The molecule has 0 fully saturated rings. The highest BCUT2D eigenvalue weighted by molar-refractivity contribution is 6.31. The van der Waals surface area contributed by atoms with Crippen molar-refractivity contribution in [3.05, 3.63) is 83.5 Å². The number of rotatable bonds is 7. The summed E-state index contributed by atoms with van der Waals surface area (Å²) in [5.41, 5.74) is -1.03. The molecule has 1 atom stereocenters. The molecule has 0 amide bonds. The molecule has 3 rings (SSSR count). The number of carbonyl (C=O) groups is 2. The zero-order chi connectivity index (χ0) is 22.4. The van der Waals surface area contributed by atoms with Gasteiger partial charge < -0.3 is 19.4 Å². The molecule has 0 aromatic heterocycles. The number of oxime groups is 1. The van der Waals surface area contributed by atoms with E-state index < -0.39 is 17.2 Å². The fourth-order valence-electron chi connectivity index (χ4n) is 3.71. The van der Waals surface area contributed by atoms with Crippen LogP contribution in [0.2, 0.25) is 0 Å². The topological polar surface area (TPSA) is 94.4 Å². The van der Waals surface area contributed by atoms with Gasteiger partial charge in [0.05, 0.1) is 26.4 Å². The van der Waals surface area contributed by atoms with Crippen LogP contribution in [0.15, 0.2) is 77.5 Å². The molecular formula is C24H23NO6. The lowest BCUT2D eigenvalue weighted by Gasteiger charge is -2.35. The lowest BCUT2D eigenvalue weighted by atomic mass is 9.64. The summed E-state index contributed by atoms with van der Waals surface area (Å²) in [6, 6.07) is 13.4. The van der Waals surface area contributed by atoms with Crippen molar-refractivity contribution in [2.45, 2.75) is 12.3 Å². The first kappa shape index (κ1) is 21.8. The zero-order valence-corrected chi connectivity index (χ0v) is 17.5. The fraction of sp³-hybridized carbons (Fsp3) is 0.208. The Morgan fingerprint density at radius 2 is 1.74 bits per heavy atom. The van der Waals surface area contributed by atoms with Crippen LogP contribution >= 0.6 is 0 Å². The number of hydrogen-bond acceptors (Lipinski definition) is 7. The number of ketones is 1. The van der Waals surface area contributed by atoms with E-state index in [4.69, 9.17) is 14.2 Å². The van der Waals surface area contributed by atoms with Gasteiger partial charge in [-0.05, 0) is 36.8 Å². The first-order valence-corrected chi connectivity index (χ1v) is 9.65. The van der Waals surface area contributed by atoms with Crippen molar-refractivity contribution in [3.63, 3.8) is 0 Å². The molecule has 160 valence electrons. The maximum atomic E-state index is 14.0. The Bertz CT molecular complexity index is 1070. The van der Waals surface area contributed by atoms with Crippen molar-refractivity contribution in [3.8, 4) is 11.5 Å². The second kappa shape index (κ2) is 9.30. The van der Waals surface area contributed by atoms with Gasteiger partial charge in [-0.15, -0.1) is 0 Å². The zero-order valence-electron chi connectivity index (χ0n) is 17.5. The van der Waals surface area contributed by atoms with Gasteiger partial charge in [0.2, 0.25) is 0 Å². The van der Waals surface area contributed by atoms with Crippen LogP contribution in [-0.2, 0) is 14.9 Å². The van der Waals surface area contributed by atoms with Crippen LogP contribution in [-0.4, -0.2) is 43.5 Å². The number of hydrogen-bond donors (Lipinski definition) is 1. The summed E-state index contributed by atoms with van der Waals surface area (Å²) in [7, 11) is 2.97. The average Bonchev–Trinajstić information content (AvgIpc) is 2.83. The molecule has 7 heteroatoms. The van der Waals surface area contributed by atoms with E-state index in [2.05, 4.69) is 5.16 Å². The van der Waals surface area contributed by atoms with Gasteiger partial charge in [0.25, 0.3) is 0 Å². The predicted octanol–water partition coefficient (Wildman–Crippen LogP) is 3.71. The Labute approximate surface area is 180 Å². The number of esters is 1. The van der Waals surface area contributed by atoms with Crippen LogP contribution in [0, 0.1) is 0 Å². The molecule has 1 aliphatic rings. The van der Waals surface area contributed by atoms with Gasteiger partial charge >= 0.3 is 5.97 Å². The molecule has 1 N–H and O–H groups in total. The lowest BCUT2D eigenvalue weighted by Crippen LogP contribution is -2.48. The number of Topliss-reactive ketones (excluding diaryl/α,β-unsaturated/α-hetero) is 1. The van der Waals surface area contributed by atoms with Crippen LogP contribution < -0.4 is 9.47 Å². The van der Waals surface area contributed by atoms with E-state index in [1.54, 1.807) is 61.5 Å². The Hall–Kier alpha value is -3.87. The molecule has 2 aromatic rings. The summed E-state index contributed by atoms with van der Waals surface area (Å²) >= 11 is 0. The van der Waals surface area contributed by atoms with Gasteiger partial charge in [0.1, 0.15) is 11.1 Å². The van der Waals surface area contributed by atoms with Gasteiger partial charge in [0, 0.05) is 5.56 Å². The van der Waals surface area contributed by atoms with E-state index in [0.717, 1.165) is 0 Å². The van der Waals surface area contributed by atoms with E-state index >= 15 is 0 Å². The quantitative estimate of drug-likeness (QED) is 0.317. The Kier molecular flexibility index (Phi) is 6.55. The van der Waals surface area contributed by atoms with Gasteiger partial charge in [-0.25, -0.2) is 4.79 Å². The molecule has 0 heterocycles. The molecule has 1 aliphatic carbocycles. The SMILES string of the molecule is CCOC(=O)C1=CC=CC(=NO)C1(C(=O)c1ccccc1)c1ccc(OC)c(OC)c1. The van der Waals surface area contributed by atoms with Gasteiger partial charge in [-0.2, -0.15) is 0 Å². The van der Waals surface area contributed by atoms with E-state index in [0.29, 0.717) is 22.6 Å². The summed E-state index contributed by atoms with van der Waals surface area (Å²) in [5.74, 6) is -0.330. The molecule has 0 bridgehead atoms. The number of carbonyl (C=O) groups excluding carboxylic acids is 2. The molecule has 2 aromatic carbocycles. The highest BCUT2D eigenvalue weighted by Gasteiger charge is 2.52. The van der Waals surface area contributed by atoms with Crippen molar-refractivity contribution >= 4 is 17.5 Å². The van der Waals surface area contributed by atoms with Crippen LogP contribution in [0.25, 0.3) is 0 Å². The number of methoxy groups -OCH3 is 2. The number of ether oxygens (including phenoxy) is 3. The molecular weight excluding hydrogens is 398 g/mol. The Morgan fingerprint density at radius 1 is 1.03 bits per heavy atom. The first-order valence-electron chi connectivity index (χ1n) is 9.65. The summed E-state index contributed by atoms with van der Waals surface area (Å²) in [6.07, 6.45) is 4.53. The number of benzene rings is 2. The number of nitrogens with zero attached hydrogens (tertiary/aromatic N) is 1. The molecule has 0 saturated heterocycles. The molecule has 0 spiro atoms. The molecule has 0 radical (unpaired) electrons. The van der Waals surface area contributed by atoms with Crippen molar-refractivity contribution in [1.29, 1.82) is 0 Å². The van der Waals surface area contributed by atoms with Gasteiger partial charge in [-0.1, -0.05) is 47.6 Å². The second-order valence-electron chi connectivity index (χ2n) is 6.66. The molecule has 0 saturated carbocycles. The summed E-state index contributed by atoms with van der Waals surface area (Å²) in [6.45, 7) is 1.79. The fourth-order valence-corrected chi connectivity index (χ4v) is 3.71. The normalized spacial score (nSPS) is 18.9. The van der Waals surface area contributed by atoms with Crippen LogP contribution in [0.3, 0.4) is 0 Å². The monoisotopic (exact) mass is 421 g/mol. The second-order valence-corrected chi connectivity index (χ2v) is 6.66. The third-order valence-electron chi connectivity index (χ3n) is 5.10. The van der Waals surface area contributed by atoms with Gasteiger partial charge in [-0.3, -0.25) is 4.79 Å². The Balaban J connectivity index is 2.38. The molecule has 0 aliphatic heterocycles. The van der Waals surface area contributed by atoms with E-state index in [1.165, 1.54) is 26.4 Å². The maximum Gasteiger partial charge on any atom is 0.335 e. The molecule has 1 unspecified atom stereocenters. The largest absolute Gasteiger partial charge is 0.493 e. The van der Waals surface area contributed by atoms with Crippen molar-refractivity contribution in [1.82, 2.24) is 0 Å². The third-order valence-corrected chi connectivity index (χ3v) is 5.10. The minimum absolute atomic E-state index is 0.0147. The predicted molar refractivity (Wildman–Crippen MR) is 115 cm³/mol. The maximum absolute atomic E-state index is 14.0. The minimum atomic E-state index is -1.75. The third kappa shape index (κ3) is 3.70. The number of allylic oxidation sites excluding steroid dienone is 3. The highest BCUT2D eigenvalue weighted by atomic mass is 16.5. The van der Waals surface area contributed by atoms with Crippen LogP contribution in [0.1, 0.15) is 22.8 Å². The Morgan fingerprint density at radius 3 is 2.35 bits per heavy atom. The summed E-state index contributed by atoms with van der Waals surface area (Å²) in [5, 5.41) is 13.3. The minimum Gasteiger partial charge on any atom is -0.493 e. The van der Waals surface area contributed by atoms with E-state index in [-0.39, 0.29) is 17.9 Å². The van der Waals surface area contributed by atoms with Gasteiger partial charge in [0.15, 0.2) is 17.3 Å². The van der Waals surface area contributed by atoms with Crippen LogP contribution in [0.4, 0.5) is 0 Å². The highest BCUT2D eigenvalue weighted by Crippen LogP contribution is 2.43.